The highest BCUT2D eigenvalue weighted by atomic mass is 19.1. The van der Waals surface area contributed by atoms with Gasteiger partial charge in [-0.25, -0.2) is 4.39 Å². The largest absolute Gasteiger partial charge is 0.467 e. The highest BCUT2D eigenvalue weighted by Crippen LogP contribution is 2.24. The quantitative estimate of drug-likeness (QED) is 0.870. The van der Waals surface area contributed by atoms with E-state index in [9.17, 15) is 9.18 Å². The van der Waals surface area contributed by atoms with Crippen molar-refractivity contribution in [3.63, 3.8) is 0 Å². The number of rotatable bonds is 5. The molecule has 2 rings (SSSR count). The molecule has 2 aromatic rings. The number of carbonyl (C=O) groups is 1. The minimum atomic E-state index is -0.785. The lowest BCUT2D eigenvalue weighted by atomic mass is 10.1. The lowest BCUT2D eigenvalue weighted by Crippen LogP contribution is -2.14. The zero-order chi connectivity index (χ0) is 13.8. The Hall–Kier alpha value is -2.30. The van der Waals surface area contributed by atoms with E-state index in [0.717, 1.165) is 12.2 Å². The van der Waals surface area contributed by atoms with E-state index in [0.29, 0.717) is 5.69 Å². The van der Waals surface area contributed by atoms with Gasteiger partial charge in [-0.05, 0) is 36.8 Å². The average molecular weight is 262 g/mol. The molecular weight excluding hydrogens is 247 g/mol. The van der Waals surface area contributed by atoms with Gasteiger partial charge >= 0.3 is 0 Å². The number of nitrogens with two attached hydrogens (primary N) is 1. The van der Waals surface area contributed by atoms with Crippen molar-refractivity contribution in [1.29, 1.82) is 0 Å². The third kappa shape index (κ3) is 2.93. The van der Waals surface area contributed by atoms with Crippen LogP contribution in [0.2, 0.25) is 0 Å². The summed E-state index contributed by atoms with van der Waals surface area (Å²) in [7, 11) is 0. The summed E-state index contributed by atoms with van der Waals surface area (Å²) >= 11 is 0. The van der Waals surface area contributed by atoms with Gasteiger partial charge in [-0.15, -0.1) is 0 Å². The minimum absolute atomic E-state index is 0.0406. The van der Waals surface area contributed by atoms with Crippen LogP contribution in [-0.4, -0.2) is 5.91 Å². The van der Waals surface area contributed by atoms with E-state index in [1.165, 1.54) is 12.1 Å². The number of benzene rings is 1. The number of hydrogen-bond acceptors (Lipinski definition) is 3. The standard InChI is InChI=1S/C14H15FN2O2/c1-2-12(13-4-3-7-19-13)17-9-5-6-11(15)10(8-9)14(16)18/h3-8,12,17H,2H2,1H3,(H2,16,18). The molecular formula is C14H15FN2O2. The summed E-state index contributed by atoms with van der Waals surface area (Å²) in [5.41, 5.74) is 5.61. The molecule has 0 saturated heterocycles. The van der Waals surface area contributed by atoms with Crippen molar-refractivity contribution in [2.24, 2.45) is 5.73 Å². The summed E-state index contributed by atoms with van der Waals surface area (Å²) in [6.45, 7) is 2.00. The summed E-state index contributed by atoms with van der Waals surface area (Å²) in [6.07, 6.45) is 2.38. The second-order valence-corrected chi connectivity index (χ2v) is 4.18. The molecule has 1 amide bonds. The van der Waals surface area contributed by atoms with Crippen molar-refractivity contribution in [3.05, 3.63) is 53.7 Å². The molecule has 100 valence electrons. The Bertz CT molecular complexity index is 567. The number of nitrogens with one attached hydrogen (secondary N) is 1. The van der Waals surface area contributed by atoms with Crippen molar-refractivity contribution in [1.82, 2.24) is 0 Å². The van der Waals surface area contributed by atoms with E-state index in [1.54, 1.807) is 18.4 Å². The maximum Gasteiger partial charge on any atom is 0.251 e. The predicted octanol–water partition coefficient (Wildman–Crippen LogP) is 3.08. The molecule has 1 unspecified atom stereocenters. The van der Waals surface area contributed by atoms with Crippen LogP contribution in [0.4, 0.5) is 10.1 Å². The average Bonchev–Trinajstić information content (AvgIpc) is 2.91. The first-order valence-corrected chi connectivity index (χ1v) is 6.01. The molecule has 1 atom stereocenters. The Labute approximate surface area is 110 Å². The van der Waals surface area contributed by atoms with Crippen LogP contribution >= 0.6 is 0 Å². The first kappa shape index (κ1) is 13.1. The zero-order valence-electron chi connectivity index (χ0n) is 10.5. The molecule has 0 radical (unpaired) electrons. The number of hydrogen-bond donors (Lipinski definition) is 2. The smallest absolute Gasteiger partial charge is 0.251 e. The predicted molar refractivity (Wildman–Crippen MR) is 70.3 cm³/mol. The monoisotopic (exact) mass is 262 g/mol. The van der Waals surface area contributed by atoms with Crippen LogP contribution in [0.25, 0.3) is 0 Å². The van der Waals surface area contributed by atoms with Gasteiger partial charge in [0, 0.05) is 5.69 Å². The van der Waals surface area contributed by atoms with Crippen LogP contribution in [-0.2, 0) is 0 Å². The lowest BCUT2D eigenvalue weighted by Gasteiger charge is -2.16. The van der Waals surface area contributed by atoms with Crippen molar-refractivity contribution in [3.8, 4) is 0 Å². The molecule has 0 bridgehead atoms. The van der Waals surface area contributed by atoms with Crippen molar-refractivity contribution < 1.29 is 13.6 Å². The number of furan rings is 1. The van der Waals surface area contributed by atoms with Gasteiger partial charge in [0.2, 0.25) is 0 Å². The van der Waals surface area contributed by atoms with Crippen LogP contribution < -0.4 is 11.1 Å². The SMILES string of the molecule is CCC(Nc1ccc(F)c(C(N)=O)c1)c1ccco1. The second-order valence-electron chi connectivity index (χ2n) is 4.18. The molecule has 0 saturated carbocycles. The van der Waals surface area contributed by atoms with Gasteiger partial charge in [-0.3, -0.25) is 4.79 Å². The normalized spacial score (nSPS) is 12.1. The highest BCUT2D eigenvalue weighted by Gasteiger charge is 2.14. The fourth-order valence-corrected chi connectivity index (χ4v) is 1.87. The molecule has 3 N–H and O–H groups in total. The van der Waals surface area contributed by atoms with Gasteiger partial charge in [-0.1, -0.05) is 6.92 Å². The zero-order valence-corrected chi connectivity index (χ0v) is 10.5. The molecule has 1 aromatic heterocycles. The fourth-order valence-electron chi connectivity index (χ4n) is 1.87. The molecule has 5 heteroatoms. The fraction of sp³-hybridized carbons (Fsp3) is 0.214. The first-order chi connectivity index (χ1) is 9.11. The van der Waals surface area contributed by atoms with Crippen molar-refractivity contribution in [2.45, 2.75) is 19.4 Å². The number of amides is 1. The molecule has 0 aliphatic heterocycles. The van der Waals surface area contributed by atoms with E-state index >= 15 is 0 Å². The first-order valence-electron chi connectivity index (χ1n) is 6.01. The Morgan fingerprint density at radius 1 is 1.47 bits per heavy atom. The van der Waals surface area contributed by atoms with E-state index in [-0.39, 0.29) is 11.6 Å². The van der Waals surface area contributed by atoms with Crippen LogP contribution in [0.3, 0.4) is 0 Å². The molecule has 0 fully saturated rings. The summed E-state index contributed by atoms with van der Waals surface area (Å²) in [4.78, 5) is 11.1. The van der Waals surface area contributed by atoms with E-state index in [2.05, 4.69) is 5.32 Å². The molecule has 0 aliphatic rings. The summed E-state index contributed by atoms with van der Waals surface area (Å²) in [6, 6.07) is 7.81. The summed E-state index contributed by atoms with van der Waals surface area (Å²) in [5, 5.41) is 3.19. The second kappa shape index (κ2) is 5.56. The number of primary amides is 1. The van der Waals surface area contributed by atoms with Crippen LogP contribution in [0.15, 0.2) is 41.0 Å². The Morgan fingerprint density at radius 3 is 2.84 bits per heavy atom. The van der Waals surface area contributed by atoms with Gasteiger partial charge in [-0.2, -0.15) is 0 Å². The third-order valence-corrected chi connectivity index (χ3v) is 2.87. The van der Waals surface area contributed by atoms with Gasteiger partial charge in [0.25, 0.3) is 5.91 Å². The summed E-state index contributed by atoms with van der Waals surface area (Å²) in [5.74, 6) is -0.622. The van der Waals surface area contributed by atoms with Gasteiger partial charge < -0.3 is 15.5 Å². The topological polar surface area (TPSA) is 68.3 Å². The minimum Gasteiger partial charge on any atom is -0.467 e. The van der Waals surface area contributed by atoms with Crippen molar-refractivity contribution in [2.75, 3.05) is 5.32 Å². The molecule has 1 aromatic carbocycles. The lowest BCUT2D eigenvalue weighted by molar-refractivity contribution is 0.0996. The molecule has 4 nitrogen and oxygen atoms in total. The Balaban J connectivity index is 2.23. The van der Waals surface area contributed by atoms with Gasteiger partial charge in [0.15, 0.2) is 0 Å². The molecule has 1 heterocycles. The van der Waals surface area contributed by atoms with Crippen LogP contribution in [0.5, 0.6) is 0 Å². The maximum absolute atomic E-state index is 13.4. The Morgan fingerprint density at radius 2 is 2.26 bits per heavy atom. The Kier molecular flexibility index (Phi) is 3.85. The van der Waals surface area contributed by atoms with Crippen LogP contribution in [0.1, 0.15) is 35.5 Å². The molecule has 0 aliphatic carbocycles. The van der Waals surface area contributed by atoms with E-state index in [4.69, 9.17) is 10.2 Å². The van der Waals surface area contributed by atoms with E-state index < -0.39 is 11.7 Å². The molecule has 0 spiro atoms. The summed E-state index contributed by atoms with van der Waals surface area (Å²) < 4.78 is 18.7. The molecule has 19 heavy (non-hydrogen) atoms. The van der Waals surface area contributed by atoms with Crippen LogP contribution in [0, 0.1) is 5.82 Å². The van der Waals surface area contributed by atoms with Crippen molar-refractivity contribution >= 4 is 11.6 Å². The van der Waals surface area contributed by atoms with E-state index in [1.807, 2.05) is 13.0 Å². The van der Waals surface area contributed by atoms with Gasteiger partial charge in [0.05, 0.1) is 17.9 Å². The number of anilines is 1. The number of halogens is 1. The maximum atomic E-state index is 13.4. The van der Waals surface area contributed by atoms with Gasteiger partial charge in [0.1, 0.15) is 11.6 Å². The number of carbonyl (C=O) groups excluding carboxylic acids is 1. The highest BCUT2D eigenvalue weighted by molar-refractivity contribution is 5.94. The third-order valence-electron chi connectivity index (χ3n) is 2.87.